The minimum absolute atomic E-state index is 0.0191. The summed E-state index contributed by atoms with van der Waals surface area (Å²) in [5.74, 6) is -0.129. The van der Waals surface area contributed by atoms with Gasteiger partial charge in [-0.3, -0.25) is 9.59 Å². The summed E-state index contributed by atoms with van der Waals surface area (Å²) >= 11 is 0. The molecule has 0 saturated carbocycles. The molecule has 3 N–H and O–H groups in total. The Morgan fingerprint density at radius 2 is 1.52 bits per heavy atom. The highest BCUT2D eigenvalue weighted by Crippen LogP contribution is 2.22. The first kappa shape index (κ1) is 17.2. The lowest BCUT2D eigenvalue weighted by molar-refractivity contribution is -0.135. The van der Waals surface area contributed by atoms with Crippen LogP contribution in [0.5, 0.6) is 0 Å². The number of piperidine rings is 1. The summed E-state index contributed by atoms with van der Waals surface area (Å²) in [6, 6.07) is 18.2. The van der Waals surface area contributed by atoms with Crippen LogP contribution in [0.15, 0.2) is 60.7 Å². The van der Waals surface area contributed by atoms with Gasteiger partial charge in [0, 0.05) is 24.7 Å². The van der Waals surface area contributed by atoms with Gasteiger partial charge in [-0.05, 0) is 30.5 Å². The normalized spacial score (nSPS) is 16.3. The minimum Gasteiger partial charge on any atom is -0.341 e. The number of para-hydroxylation sites is 1. The van der Waals surface area contributed by atoms with E-state index < -0.39 is 6.04 Å². The number of hydrogen-bond donors (Lipinski definition) is 2. The van der Waals surface area contributed by atoms with Gasteiger partial charge in [-0.15, -0.1) is 0 Å². The van der Waals surface area contributed by atoms with Gasteiger partial charge in [0.25, 0.3) is 0 Å². The van der Waals surface area contributed by atoms with Crippen LogP contribution in [0.25, 0.3) is 0 Å². The van der Waals surface area contributed by atoms with Gasteiger partial charge >= 0.3 is 0 Å². The van der Waals surface area contributed by atoms with Crippen LogP contribution in [-0.4, -0.2) is 29.8 Å². The Morgan fingerprint density at radius 3 is 2.12 bits per heavy atom. The molecule has 130 valence electrons. The predicted octanol–water partition coefficient (Wildman–Crippen LogP) is 2.56. The number of carbonyl (C=O) groups excluding carboxylic acids is 2. The molecule has 5 nitrogen and oxygen atoms in total. The largest absolute Gasteiger partial charge is 0.341 e. The van der Waals surface area contributed by atoms with Gasteiger partial charge in [0.2, 0.25) is 11.8 Å². The molecular formula is C20H23N3O2. The van der Waals surface area contributed by atoms with E-state index in [-0.39, 0.29) is 17.7 Å². The SMILES string of the molecule is NC(C(=O)N1CCC(C(=O)Nc2ccccc2)CC1)c1ccccc1. The van der Waals surface area contributed by atoms with Gasteiger partial charge in [-0.1, -0.05) is 48.5 Å². The van der Waals surface area contributed by atoms with Crippen molar-refractivity contribution in [3.05, 3.63) is 66.2 Å². The first-order valence-corrected chi connectivity index (χ1v) is 8.60. The maximum absolute atomic E-state index is 12.6. The number of hydrogen-bond acceptors (Lipinski definition) is 3. The minimum atomic E-state index is -0.643. The van der Waals surface area contributed by atoms with Crippen LogP contribution in [0, 0.1) is 5.92 Å². The lowest BCUT2D eigenvalue weighted by atomic mass is 9.94. The summed E-state index contributed by atoms with van der Waals surface area (Å²) in [5, 5.41) is 2.94. The molecule has 5 heteroatoms. The van der Waals surface area contributed by atoms with E-state index >= 15 is 0 Å². The fraction of sp³-hybridized carbons (Fsp3) is 0.300. The molecule has 1 saturated heterocycles. The van der Waals surface area contributed by atoms with Gasteiger partial charge < -0.3 is 16.0 Å². The molecule has 0 bridgehead atoms. The molecule has 1 atom stereocenters. The standard InChI is InChI=1S/C20H23N3O2/c21-18(15-7-3-1-4-8-15)20(25)23-13-11-16(12-14-23)19(24)22-17-9-5-2-6-10-17/h1-10,16,18H,11-14,21H2,(H,22,24). The maximum atomic E-state index is 12.6. The van der Waals surface area contributed by atoms with Crippen molar-refractivity contribution in [3.8, 4) is 0 Å². The van der Waals surface area contributed by atoms with Crippen LogP contribution in [-0.2, 0) is 9.59 Å². The van der Waals surface area contributed by atoms with Crippen molar-refractivity contribution in [3.63, 3.8) is 0 Å². The highest BCUT2D eigenvalue weighted by Gasteiger charge is 2.30. The molecule has 0 radical (unpaired) electrons. The smallest absolute Gasteiger partial charge is 0.244 e. The summed E-state index contributed by atoms with van der Waals surface area (Å²) in [4.78, 5) is 26.7. The van der Waals surface area contributed by atoms with Gasteiger partial charge in [0.15, 0.2) is 0 Å². The molecule has 1 aliphatic rings. The van der Waals surface area contributed by atoms with Crippen LogP contribution in [0.3, 0.4) is 0 Å². The number of nitrogens with zero attached hydrogens (tertiary/aromatic N) is 1. The lowest BCUT2D eigenvalue weighted by Crippen LogP contribution is -2.45. The Kier molecular flexibility index (Phi) is 5.46. The zero-order valence-electron chi connectivity index (χ0n) is 14.1. The molecular weight excluding hydrogens is 314 g/mol. The fourth-order valence-electron chi connectivity index (χ4n) is 3.13. The molecule has 25 heavy (non-hydrogen) atoms. The molecule has 3 rings (SSSR count). The van der Waals surface area contributed by atoms with E-state index in [0.29, 0.717) is 25.9 Å². The van der Waals surface area contributed by atoms with Crippen molar-refractivity contribution >= 4 is 17.5 Å². The molecule has 2 amide bonds. The Labute approximate surface area is 147 Å². The van der Waals surface area contributed by atoms with Crippen LogP contribution in [0.2, 0.25) is 0 Å². The van der Waals surface area contributed by atoms with Crippen molar-refractivity contribution in [1.29, 1.82) is 0 Å². The van der Waals surface area contributed by atoms with Crippen molar-refractivity contribution < 1.29 is 9.59 Å². The average molecular weight is 337 g/mol. The van der Waals surface area contributed by atoms with Crippen molar-refractivity contribution in [2.24, 2.45) is 11.7 Å². The van der Waals surface area contributed by atoms with Crippen LogP contribution in [0.4, 0.5) is 5.69 Å². The van der Waals surface area contributed by atoms with E-state index in [0.717, 1.165) is 11.3 Å². The summed E-state index contributed by atoms with van der Waals surface area (Å²) in [7, 11) is 0. The first-order valence-electron chi connectivity index (χ1n) is 8.60. The quantitative estimate of drug-likeness (QED) is 0.900. The van der Waals surface area contributed by atoms with E-state index in [2.05, 4.69) is 5.32 Å². The van der Waals surface area contributed by atoms with Crippen LogP contribution >= 0.6 is 0 Å². The molecule has 2 aromatic carbocycles. The van der Waals surface area contributed by atoms with Gasteiger partial charge in [0.1, 0.15) is 6.04 Å². The topological polar surface area (TPSA) is 75.4 Å². The third-order valence-corrected chi connectivity index (χ3v) is 4.64. The van der Waals surface area contributed by atoms with Crippen molar-refractivity contribution in [2.45, 2.75) is 18.9 Å². The number of amides is 2. The van der Waals surface area contributed by atoms with Crippen LogP contribution < -0.4 is 11.1 Å². The molecule has 2 aromatic rings. The Hall–Kier alpha value is -2.66. The summed E-state index contributed by atoms with van der Waals surface area (Å²) < 4.78 is 0. The highest BCUT2D eigenvalue weighted by molar-refractivity contribution is 5.92. The molecule has 1 aliphatic heterocycles. The van der Waals surface area contributed by atoms with Crippen LogP contribution in [0.1, 0.15) is 24.4 Å². The highest BCUT2D eigenvalue weighted by atomic mass is 16.2. The van der Waals surface area contributed by atoms with Gasteiger partial charge in [-0.2, -0.15) is 0 Å². The van der Waals surface area contributed by atoms with Crippen molar-refractivity contribution in [1.82, 2.24) is 4.90 Å². The molecule has 1 unspecified atom stereocenters. The second-order valence-corrected chi connectivity index (χ2v) is 6.34. The number of carbonyl (C=O) groups is 2. The molecule has 0 spiro atoms. The van der Waals surface area contributed by atoms with Gasteiger partial charge in [-0.25, -0.2) is 0 Å². The lowest BCUT2D eigenvalue weighted by Gasteiger charge is -2.33. The second-order valence-electron chi connectivity index (χ2n) is 6.34. The maximum Gasteiger partial charge on any atom is 0.244 e. The third-order valence-electron chi connectivity index (χ3n) is 4.64. The number of nitrogens with one attached hydrogen (secondary N) is 1. The van der Waals surface area contributed by atoms with Gasteiger partial charge in [0.05, 0.1) is 0 Å². The van der Waals surface area contributed by atoms with E-state index in [1.165, 1.54) is 0 Å². The Bertz CT molecular complexity index is 710. The summed E-state index contributed by atoms with van der Waals surface area (Å²) in [6.45, 7) is 1.12. The summed E-state index contributed by atoms with van der Waals surface area (Å²) in [5.41, 5.74) is 7.71. The van der Waals surface area contributed by atoms with E-state index in [1.54, 1.807) is 4.90 Å². The van der Waals surface area contributed by atoms with E-state index in [9.17, 15) is 9.59 Å². The number of likely N-dealkylation sites (tertiary alicyclic amines) is 1. The number of benzene rings is 2. The molecule has 1 fully saturated rings. The summed E-state index contributed by atoms with van der Waals surface area (Å²) in [6.07, 6.45) is 1.32. The van der Waals surface area contributed by atoms with Crippen molar-refractivity contribution in [2.75, 3.05) is 18.4 Å². The zero-order valence-corrected chi connectivity index (χ0v) is 14.1. The zero-order chi connectivity index (χ0) is 17.6. The number of nitrogens with two attached hydrogens (primary N) is 1. The fourth-order valence-corrected chi connectivity index (χ4v) is 3.13. The second kappa shape index (κ2) is 7.94. The number of rotatable bonds is 4. The molecule has 1 heterocycles. The number of anilines is 1. The molecule has 0 aromatic heterocycles. The Morgan fingerprint density at radius 1 is 0.960 bits per heavy atom. The Balaban J connectivity index is 1.53. The third kappa shape index (κ3) is 4.25. The molecule has 0 aliphatic carbocycles. The predicted molar refractivity (Wildman–Crippen MR) is 97.7 cm³/mol. The average Bonchev–Trinajstić information content (AvgIpc) is 2.68. The monoisotopic (exact) mass is 337 g/mol. The van der Waals surface area contributed by atoms with E-state index in [1.807, 2.05) is 60.7 Å². The van der Waals surface area contributed by atoms with E-state index in [4.69, 9.17) is 5.73 Å². The first-order chi connectivity index (χ1) is 12.1.